The number of hydrogen-bond acceptors (Lipinski definition) is 5. The lowest BCUT2D eigenvalue weighted by atomic mass is 10.1. The van der Waals surface area contributed by atoms with Gasteiger partial charge in [0, 0.05) is 29.9 Å². The van der Waals surface area contributed by atoms with Gasteiger partial charge in [0.2, 0.25) is 0 Å². The SMILES string of the molecule is CCn1cnnc1-c1cccc(NCc2cn[nH]c2-c2ccc(C)o2)c1. The molecule has 0 spiro atoms. The minimum absolute atomic E-state index is 0.634. The number of aromatic amines is 1. The second-order valence-electron chi connectivity index (χ2n) is 6.06. The Bertz CT molecular complexity index is 1010. The molecule has 7 heteroatoms. The van der Waals surface area contributed by atoms with Crippen LogP contribution in [0.4, 0.5) is 5.69 Å². The van der Waals surface area contributed by atoms with Crippen LogP contribution in [0.25, 0.3) is 22.8 Å². The minimum atomic E-state index is 0.634. The molecule has 0 bridgehead atoms. The molecule has 0 amide bonds. The summed E-state index contributed by atoms with van der Waals surface area (Å²) in [6.07, 6.45) is 3.57. The van der Waals surface area contributed by atoms with Gasteiger partial charge in [-0.05, 0) is 38.1 Å². The first kappa shape index (κ1) is 16.1. The molecule has 0 fully saturated rings. The molecule has 1 aromatic carbocycles. The van der Waals surface area contributed by atoms with Crippen LogP contribution in [0.1, 0.15) is 18.2 Å². The highest BCUT2D eigenvalue weighted by Gasteiger charge is 2.11. The fourth-order valence-corrected chi connectivity index (χ4v) is 2.90. The molecule has 3 aromatic heterocycles. The number of nitrogens with one attached hydrogen (secondary N) is 2. The van der Waals surface area contributed by atoms with Crippen LogP contribution >= 0.6 is 0 Å². The van der Waals surface area contributed by atoms with E-state index in [1.807, 2.05) is 48.0 Å². The first-order chi connectivity index (χ1) is 12.7. The molecule has 4 rings (SSSR count). The number of benzene rings is 1. The van der Waals surface area contributed by atoms with Crippen molar-refractivity contribution >= 4 is 5.69 Å². The number of anilines is 1. The second kappa shape index (κ2) is 6.87. The molecule has 3 heterocycles. The van der Waals surface area contributed by atoms with E-state index in [9.17, 15) is 0 Å². The van der Waals surface area contributed by atoms with Gasteiger partial charge in [-0.3, -0.25) is 5.10 Å². The topological polar surface area (TPSA) is 84.6 Å². The van der Waals surface area contributed by atoms with Crippen molar-refractivity contribution in [2.45, 2.75) is 26.9 Å². The zero-order valence-corrected chi connectivity index (χ0v) is 14.7. The molecule has 7 nitrogen and oxygen atoms in total. The van der Waals surface area contributed by atoms with E-state index in [1.54, 1.807) is 6.33 Å². The molecule has 132 valence electrons. The van der Waals surface area contributed by atoms with Crippen LogP contribution in [0.2, 0.25) is 0 Å². The summed E-state index contributed by atoms with van der Waals surface area (Å²) in [5.41, 5.74) is 3.98. The first-order valence-electron chi connectivity index (χ1n) is 8.55. The summed E-state index contributed by atoms with van der Waals surface area (Å²) < 4.78 is 7.72. The van der Waals surface area contributed by atoms with Gasteiger partial charge in [-0.2, -0.15) is 5.10 Å². The average molecular weight is 348 g/mol. The monoisotopic (exact) mass is 348 g/mol. The van der Waals surface area contributed by atoms with Crippen LogP contribution in [0.3, 0.4) is 0 Å². The predicted molar refractivity (Wildman–Crippen MR) is 99.5 cm³/mol. The van der Waals surface area contributed by atoms with E-state index >= 15 is 0 Å². The molecule has 26 heavy (non-hydrogen) atoms. The van der Waals surface area contributed by atoms with Crippen LogP contribution in [0, 0.1) is 6.92 Å². The van der Waals surface area contributed by atoms with Crippen molar-refractivity contribution in [3.63, 3.8) is 0 Å². The number of H-pyrrole nitrogens is 1. The Labute approximate surface area is 151 Å². The number of furan rings is 1. The Morgan fingerprint density at radius 3 is 2.96 bits per heavy atom. The summed E-state index contributed by atoms with van der Waals surface area (Å²) >= 11 is 0. The molecular weight excluding hydrogens is 328 g/mol. The number of aromatic nitrogens is 5. The van der Waals surface area contributed by atoms with E-state index < -0.39 is 0 Å². The summed E-state index contributed by atoms with van der Waals surface area (Å²) in [7, 11) is 0. The lowest BCUT2D eigenvalue weighted by molar-refractivity contribution is 0.545. The van der Waals surface area contributed by atoms with Gasteiger partial charge in [0.25, 0.3) is 0 Å². The van der Waals surface area contributed by atoms with E-state index in [0.717, 1.165) is 46.4 Å². The maximum absolute atomic E-state index is 5.70. The van der Waals surface area contributed by atoms with Crippen LogP contribution in [0.15, 0.2) is 53.3 Å². The number of aryl methyl sites for hydroxylation is 2. The highest BCUT2D eigenvalue weighted by Crippen LogP contribution is 2.25. The van der Waals surface area contributed by atoms with Gasteiger partial charge < -0.3 is 14.3 Å². The summed E-state index contributed by atoms with van der Waals surface area (Å²) in [5.74, 6) is 2.54. The van der Waals surface area contributed by atoms with Gasteiger partial charge >= 0.3 is 0 Å². The summed E-state index contributed by atoms with van der Waals surface area (Å²) in [6.45, 7) is 5.47. The first-order valence-corrected chi connectivity index (χ1v) is 8.55. The molecule has 0 saturated heterocycles. The summed E-state index contributed by atoms with van der Waals surface area (Å²) in [6, 6.07) is 12.1. The largest absolute Gasteiger partial charge is 0.460 e. The number of rotatable bonds is 6. The third-order valence-corrected chi connectivity index (χ3v) is 4.26. The predicted octanol–water partition coefficient (Wildman–Crippen LogP) is 3.87. The van der Waals surface area contributed by atoms with Crippen LogP contribution in [0.5, 0.6) is 0 Å². The van der Waals surface area contributed by atoms with E-state index in [-0.39, 0.29) is 0 Å². The highest BCUT2D eigenvalue weighted by atomic mass is 16.3. The molecule has 0 aliphatic rings. The van der Waals surface area contributed by atoms with Gasteiger partial charge in [-0.1, -0.05) is 12.1 Å². The average Bonchev–Trinajstić information content (AvgIpc) is 3.40. The maximum atomic E-state index is 5.70. The lowest BCUT2D eigenvalue weighted by Crippen LogP contribution is -2.01. The molecule has 4 aromatic rings. The zero-order chi connectivity index (χ0) is 17.9. The van der Waals surface area contributed by atoms with Gasteiger partial charge in [0.15, 0.2) is 11.6 Å². The van der Waals surface area contributed by atoms with Crippen molar-refractivity contribution in [3.05, 3.63) is 60.2 Å². The van der Waals surface area contributed by atoms with Crippen molar-refractivity contribution in [2.24, 2.45) is 0 Å². The van der Waals surface area contributed by atoms with E-state index in [4.69, 9.17) is 4.42 Å². The van der Waals surface area contributed by atoms with Crippen molar-refractivity contribution in [1.29, 1.82) is 0 Å². The minimum Gasteiger partial charge on any atom is -0.460 e. The van der Waals surface area contributed by atoms with Crippen LogP contribution in [-0.4, -0.2) is 25.0 Å². The Balaban J connectivity index is 1.53. The van der Waals surface area contributed by atoms with Crippen molar-refractivity contribution in [2.75, 3.05) is 5.32 Å². The zero-order valence-electron chi connectivity index (χ0n) is 14.7. The molecule has 0 saturated carbocycles. The van der Waals surface area contributed by atoms with Gasteiger partial charge in [-0.25, -0.2) is 0 Å². The van der Waals surface area contributed by atoms with Gasteiger partial charge in [0.1, 0.15) is 17.8 Å². The Morgan fingerprint density at radius 2 is 2.15 bits per heavy atom. The second-order valence-corrected chi connectivity index (χ2v) is 6.06. The molecule has 0 aliphatic carbocycles. The summed E-state index contributed by atoms with van der Waals surface area (Å²) in [4.78, 5) is 0. The van der Waals surface area contributed by atoms with Crippen molar-refractivity contribution in [1.82, 2.24) is 25.0 Å². The Morgan fingerprint density at radius 1 is 1.23 bits per heavy atom. The molecule has 0 atom stereocenters. The van der Waals surface area contributed by atoms with E-state index in [1.165, 1.54) is 0 Å². The molecule has 0 aliphatic heterocycles. The quantitative estimate of drug-likeness (QED) is 0.552. The normalized spacial score (nSPS) is 11.0. The van der Waals surface area contributed by atoms with E-state index in [2.05, 4.69) is 38.7 Å². The smallest absolute Gasteiger partial charge is 0.163 e. The molecule has 0 radical (unpaired) electrons. The third kappa shape index (κ3) is 3.11. The molecular formula is C19H20N6O. The molecule has 2 N–H and O–H groups in total. The highest BCUT2D eigenvalue weighted by molar-refractivity contribution is 5.63. The molecule has 0 unspecified atom stereocenters. The van der Waals surface area contributed by atoms with Gasteiger partial charge in [0.05, 0.1) is 6.20 Å². The van der Waals surface area contributed by atoms with Crippen LogP contribution in [-0.2, 0) is 13.1 Å². The fourth-order valence-electron chi connectivity index (χ4n) is 2.90. The van der Waals surface area contributed by atoms with Crippen LogP contribution < -0.4 is 5.32 Å². The van der Waals surface area contributed by atoms with Gasteiger partial charge in [-0.15, -0.1) is 10.2 Å². The fraction of sp³-hybridized carbons (Fsp3) is 0.211. The van der Waals surface area contributed by atoms with Crippen molar-refractivity contribution in [3.8, 4) is 22.8 Å². The third-order valence-electron chi connectivity index (χ3n) is 4.26. The maximum Gasteiger partial charge on any atom is 0.163 e. The number of nitrogens with zero attached hydrogens (tertiary/aromatic N) is 4. The Kier molecular flexibility index (Phi) is 4.27. The van der Waals surface area contributed by atoms with E-state index in [0.29, 0.717) is 6.54 Å². The number of hydrogen-bond donors (Lipinski definition) is 2. The van der Waals surface area contributed by atoms with Crippen molar-refractivity contribution < 1.29 is 4.42 Å². The standard InChI is InChI=1S/C19H20N6O/c1-3-25-12-22-24-19(25)14-5-4-6-16(9-14)20-10-15-11-21-23-18(15)17-8-7-13(2)26-17/h4-9,11-12,20H,3,10H2,1-2H3,(H,21,23). The summed E-state index contributed by atoms with van der Waals surface area (Å²) in [5, 5.41) is 18.8. The lowest BCUT2D eigenvalue weighted by Gasteiger charge is -2.09. The Hall–Kier alpha value is -3.35.